The van der Waals surface area contributed by atoms with Crippen molar-refractivity contribution in [3.8, 4) is 6.07 Å². The Kier molecular flexibility index (Phi) is 5.56. The number of para-hydroxylation sites is 1. The second-order valence-corrected chi connectivity index (χ2v) is 4.81. The van der Waals surface area contributed by atoms with Gasteiger partial charge in [0.15, 0.2) is 0 Å². The lowest BCUT2D eigenvalue weighted by atomic mass is 10.1. The fourth-order valence-corrected chi connectivity index (χ4v) is 2.20. The molecule has 2 aromatic rings. The van der Waals surface area contributed by atoms with E-state index in [2.05, 4.69) is 6.07 Å². The van der Waals surface area contributed by atoms with Crippen LogP contribution in [-0.4, -0.2) is 19.1 Å². The molecule has 0 unspecified atom stereocenters. The number of esters is 1. The van der Waals surface area contributed by atoms with Crippen molar-refractivity contribution in [1.82, 2.24) is 0 Å². The zero-order chi connectivity index (χ0) is 15.8. The van der Waals surface area contributed by atoms with Gasteiger partial charge in [-0.1, -0.05) is 30.3 Å². The molecule has 0 atom stereocenters. The van der Waals surface area contributed by atoms with E-state index in [1.807, 2.05) is 53.4 Å². The third kappa shape index (κ3) is 4.35. The second kappa shape index (κ2) is 7.84. The predicted octanol–water partition coefficient (Wildman–Crippen LogP) is 3.13. The van der Waals surface area contributed by atoms with Crippen LogP contribution in [0.1, 0.15) is 18.1 Å². The molecular formula is C18H18N2O2. The molecule has 0 aliphatic carbocycles. The summed E-state index contributed by atoms with van der Waals surface area (Å²) in [6, 6.07) is 19.2. The van der Waals surface area contributed by atoms with E-state index in [-0.39, 0.29) is 12.5 Å². The maximum absolute atomic E-state index is 11.8. The van der Waals surface area contributed by atoms with Gasteiger partial charge in [0.25, 0.3) is 0 Å². The molecule has 0 spiro atoms. The maximum Gasteiger partial charge on any atom is 0.325 e. The van der Waals surface area contributed by atoms with Crippen LogP contribution in [0.4, 0.5) is 5.69 Å². The van der Waals surface area contributed by atoms with Crippen molar-refractivity contribution < 1.29 is 9.53 Å². The Morgan fingerprint density at radius 3 is 2.64 bits per heavy atom. The Labute approximate surface area is 130 Å². The number of carbonyl (C=O) groups excluding carboxylic acids is 1. The lowest BCUT2D eigenvalue weighted by Crippen LogP contribution is -2.30. The highest BCUT2D eigenvalue weighted by Crippen LogP contribution is 2.17. The third-order valence-electron chi connectivity index (χ3n) is 3.18. The Morgan fingerprint density at radius 2 is 1.95 bits per heavy atom. The van der Waals surface area contributed by atoms with Crippen molar-refractivity contribution in [1.29, 1.82) is 5.26 Å². The molecule has 0 radical (unpaired) electrons. The quantitative estimate of drug-likeness (QED) is 0.768. The molecule has 4 nitrogen and oxygen atoms in total. The van der Waals surface area contributed by atoms with Crippen molar-refractivity contribution in [2.45, 2.75) is 13.5 Å². The first kappa shape index (κ1) is 15.6. The molecule has 0 amide bonds. The minimum Gasteiger partial charge on any atom is -0.465 e. The van der Waals surface area contributed by atoms with Crippen LogP contribution in [0, 0.1) is 11.3 Å². The highest BCUT2D eigenvalue weighted by Gasteiger charge is 2.13. The number of ether oxygens (including phenoxy) is 1. The lowest BCUT2D eigenvalue weighted by molar-refractivity contribution is -0.141. The maximum atomic E-state index is 11.8. The molecule has 0 saturated carbocycles. The number of anilines is 1. The summed E-state index contributed by atoms with van der Waals surface area (Å²) in [5.41, 5.74) is 2.53. The zero-order valence-corrected chi connectivity index (χ0v) is 12.5. The number of carbonyl (C=O) groups is 1. The van der Waals surface area contributed by atoms with Crippen LogP contribution in [0.5, 0.6) is 0 Å². The normalized spacial score (nSPS) is 9.82. The van der Waals surface area contributed by atoms with Gasteiger partial charge in [-0.25, -0.2) is 0 Å². The fourth-order valence-electron chi connectivity index (χ4n) is 2.20. The van der Waals surface area contributed by atoms with Crippen LogP contribution in [0.15, 0.2) is 54.6 Å². The minimum atomic E-state index is -0.261. The summed E-state index contributed by atoms with van der Waals surface area (Å²) in [6.45, 7) is 2.87. The molecule has 0 aromatic heterocycles. The first-order valence-corrected chi connectivity index (χ1v) is 7.17. The van der Waals surface area contributed by atoms with Gasteiger partial charge in [-0.2, -0.15) is 5.26 Å². The largest absolute Gasteiger partial charge is 0.465 e. The molecule has 0 aliphatic heterocycles. The number of rotatable bonds is 6. The van der Waals surface area contributed by atoms with E-state index in [9.17, 15) is 4.79 Å². The van der Waals surface area contributed by atoms with Crippen LogP contribution >= 0.6 is 0 Å². The fraction of sp³-hybridized carbons (Fsp3) is 0.222. The van der Waals surface area contributed by atoms with E-state index in [1.54, 1.807) is 13.0 Å². The highest BCUT2D eigenvalue weighted by atomic mass is 16.5. The van der Waals surface area contributed by atoms with E-state index in [4.69, 9.17) is 10.00 Å². The van der Waals surface area contributed by atoms with Crippen molar-refractivity contribution in [3.63, 3.8) is 0 Å². The predicted molar refractivity (Wildman–Crippen MR) is 85.3 cm³/mol. The molecule has 112 valence electrons. The van der Waals surface area contributed by atoms with Crippen LogP contribution in [0.25, 0.3) is 0 Å². The Morgan fingerprint density at radius 1 is 1.18 bits per heavy atom. The van der Waals surface area contributed by atoms with Crippen LogP contribution in [0.2, 0.25) is 0 Å². The summed E-state index contributed by atoms with van der Waals surface area (Å²) < 4.78 is 5.04. The average Bonchev–Trinajstić information content (AvgIpc) is 2.55. The third-order valence-corrected chi connectivity index (χ3v) is 3.18. The van der Waals surface area contributed by atoms with Gasteiger partial charge in [0.1, 0.15) is 6.54 Å². The first-order valence-electron chi connectivity index (χ1n) is 7.17. The van der Waals surface area contributed by atoms with Gasteiger partial charge < -0.3 is 9.64 Å². The molecule has 22 heavy (non-hydrogen) atoms. The molecule has 0 N–H and O–H groups in total. The summed E-state index contributed by atoms with van der Waals surface area (Å²) in [7, 11) is 0. The molecule has 0 bridgehead atoms. The van der Waals surface area contributed by atoms with Gasteiger partial charge in [-0.15, -0.1) is 0 Å². The lowest BCUT2D eigenvalue weighted by Gasteiger charge is -2.24. The van der Waals surface area contributed by atoms with E-state index in [0.29, 0.717) is 18.7 Å². The monoisotopic (exact) mass is 294 g/mol. The van der Waals surface area contributed by atoms with E-state index in [0.717, 1.165) is 11.3 Å². The molecule has 0 saturated heterocycles. The molecular weight excluding hydrogens is 276 g/mol. The van der Waals surface area contributed by atoms with Crippen LogP contribution in [0.3, 0.4) is 0 Å². The van der Waals surface area contributed by atoms with Gasteiger partial charge in [-0.3, -0.25) is 4.79 Å². The van der Waals surface area contributed by atoms with Crippen molar-refractivity contribution in [2.24, 2.45) is 0 Å². The Balaban J connectivity index is 2.20. The first-order chi connectivity index (χ1) is 10.7. The second-order valence-electron chi connectivity index (χ2n) is 4.81. The van der Waals surface area contributed by atoms with Crippen molar-refractivity contribution in [2.75, 3.05) is 18.1 Å². The van der Waals surface area contributed by atoms with E-state index >= 15 is 0 Å². The number of nitrogens with zero attached hydrogens (tertiary/aromatic N) is 2. The van der Waals surface area contributed by atoms with Crippen molar-refractivity contribution in [3.05, 3.63) is 65.7 Å². The summed E-state index contributed by atoms with van der Waals surface area (Å²) >= 11 is 0. The molecule has 2 rings (SSSR count). The summed E-state index contributed by atoms with van der Waals surface area (Å²) in [5.74, 6) is -0.261. The topological polar surface area (TPSA) is 53.3 Å². The van der Waals surface area contributed by atoms with Crippen LogP contribution < -0.4 is 4.90 Å². The summed E-state index contributed by atoms with van der Waals surface area (Å²) in [5, 5.41) is 8.99. The average molecular weight is 294 g/mol. The van der Waals surface area contributed by atoms with Gasteiger partial charge in [0.05, 0.1) is 18.2 Å². The standard InChI is InChI=1S/C18H18N2O2/c1-2-22-18(21)14-20(17-9-4-3-5-10-17)13-16-8-6-7-15(11-16)12-19/h3-11H,2,13-14H2,1H3. The number of hydrogen-bond donors (Lipinski definition) is 0. The van der Waals surface area contributed by atoms with E-state index in [1.165, 1.54) is 0 Å². The van der Waals surface area contributed by atoms with Crippen LogP contribution in [-0.2, 0) is 16.1 Å². The highest BCUT2D eigenvalue weighted by molar-refractivity contribution is 5.75. The Hall–Kier alpha value is -2.80. The molecule has 2 aromatic carbocycles. The van der Waals surface area contributed by atoms with Gasteiger partial charge in [0.2, 0.25) is 0 Å². The Bertz CT molecular complexity index is 662. The van der Waals surface area contributed by atoms with Gasteiger partial charge in [-0.05, 0) is 36.8 Å². The van der Waals surface area contributed by atoms with E-state index < -0.39 is 0 Å². The number of benzene rings is 2. The molecule has 4 heteroatoms. The SMILES string of the molecule is CCOC(=O)CN(Cc1cccc(C#N)c1)c1ccccc1. The molecule has 0 fully saturated rings. The number of hydrogen-bond acceptors (Lipinski definition) is 4. The summed E-state index contributed by atoms with van der Waals surface area (Å²) in [4.78, 5) is 13.8. The van der Waals surface area contributed by atoms with Gasteiger partial charge >= 0.3 is 5.97 Å². The summed E-state index contributed by atoms with van der Waals surface area (Å²) in [6.07, 6.45) is 0. The van der Waals surface area contributed by atoms with Gasteiger partial charge in [0, 0.05) is 12.2 Å². The zero-order valence-electron chi connectivity index (χ0n) is 12.5. The molecule has 0 aliphatic rings. The number of nitriles is 1. The smallest absolute Gasteiger partial charge is 0.325 e. The molecule has 0 heterocycles. The van der Waals surface area contributed by atoms with Crippen molar-refractivity contribution >= 4 is 11.7 Å². The minimum absolute atomic E-state index is 0.175.